The second-order valence-corrected chi connectivity index (χ2v) is 6.12. The number of rotatable bonds is 7. The van der Waals surface area contributed by atoms with E-state index in [0.717, 1.165) is 43.6 Å². The first kappa shape index (κ1) is 18.4. The van der Waals surface area contributed by atoms with Crippen molar-refractivity contribution in [2.24, 2.45) is 10.9 Å². The minimum Gasteiger partial charge on any atom is -0.493 e. The molecular weight excluding hydrogens is 306 g/mol. The van der Waals surface area contributed by atoms with E-state index < -0.39 is 0 Å². The summed E-state index contributed by atoms with van der Waals surface area (Å²) in [5, 5.41) is 3.37. The summed E-state index contributed by atoms with van der Waals surface area (Å²) in [5.41, 5.74) is 0. The Labute approximate surface area is 144 Å². The van der Waals surface area contributed by atoms with Gasteiger partial charge in [0, 0.05) is 33.2 Å². The minimum absolute atomic E-state index is 0.0127. The summed E-state index contributed by atoms with van der Waals surface area (Å²) in [7, 11) is 5.50. The van der Waals surface area contributed by atoms with Gasteiger partial charge in [-0.05, 0) is 25.5 Å². The Bertz CT molecular complexity index is 530. The Kier molecular flexibility index (Phi) is 7.18. The number of para-hydroxylation sites is 2. The molecule has 2 unspecified atom stereocenters. The van der Waals surface area contributed by atoms with Crippen LogP contribution in [0.3, 0.4) is 0 Å². The highest BCUT2D eigenvalue weighted by Crippen LogP contribution is 2.26. The van der Waals surface area contributed by atoms with Gasteiger partial charge in [0.05, 0.1) is 20.3 Å². The highest BCUT2D eigenvalue weighted by Gasteiger charge is 2.19. The summed E-state index contributed by atoms with van der Waals surface area (Å²) < 4.78 is 16.7. The lowest BCUT2D eigenvalue weighted by Gasteiger charge is -2.26. The van der Waals surface area contributed by atoms with Crippen LogP contribution in [-0.4, -0.2) is 64.5 Å². The summed E-state index contributed by atoms with van der Waals surface area (Å²) in [5.74, 6) is 2.95. The number of methoxy groups -OCH3 is 1. The van der Waals surface area contributed by atoms with E-state index in [-0.39, 0.29) is 6.10 Å². The molecule has 0 aromatic heterocycles. The van der Waals surface area contributed by atoms with E-state index in [4.69, 9.17) is 14.2 Å². The molecule has 134 valence electrons. The minimum atomic E-state index is -0.0127. The summed E-state index contributed by atoms with van der Waals surface area (Å²) in [6.45, 7) is 5.35. The zero-order chi connectivity index (χ0) is 17.4. The van der Waals surface area contributed by atoms with E-state index >= 15 is 0 Å². The fourth-order valence-electron chi connectivity index (χ4n) is 2.80. The van der Waals surface area contributed by atoms with Crippen molar-refractivity contribution in [2.45, 2.75) is 19.4 Å². The van der Waals surface area contributed by atoms with E-state index in [1.54, 1.807) is 14.2 Å². The predicted octanol–water partition coefficient (Wildman–Crippen LogP) is 2.01. The Balaban J connectivity index is 1.81. The van der Waals surface area contributed by atoms with Crippen LogP contribution in [0.15, 0.2) is 29.3 Å². The van der Waals surface area contributed by atoms with Crippen LogP contribution in [0.1, 0.15) is 13.3 Å². The molecule has 0 saturated carbocycles. The Morgan fingerprint density at radius 2 is 2.17 bits per heavy atom. The Morgan fingerprint density at radius 3 is 2.79 bits per heavy atom. The van der Waals surface area contributed by atoms with Gasteiger partial charge in [-0.15, -0.1) is 0 Å². The predicted molar refractivity (Wildman–Crippen MR) is 96.0 cm³/mol. The molecule has 1 aliphatic rings. The molecule has 6 heteroatoms. The van der Waals surface area contributed by atoms with E-state index in [2.05, 4.69) is 22.3 Å². The molecule has 1 aromatic rings. The molecule has 0 amide bonds. The fraction of sp³-hybridized carbons (Fsp3) is 0.611. The number of nitrogens with one attached hydrogen (secondary N) is 1. The zero-order valence-electron chi connectivity index (χ0n) is 15.1. The van der Waals surface area contributed by atoms with E-state index in [1.165, 1.54) is 0 Å². The smallest absolute Gasteiger partial charge is 0.193 e. The molecule has 1 aromatic carbocycles. The first-order valence-corrected chi connectivity index (χ1v) is 8.43. The lowest BCUT2D eigenvalue weighted by molar-refractivity contribution is 0.180. The number of ether oxygens (including phenoxy) is 3. The lowest BCUT2D eigenvalue weighted by Crippen LogP contribution is -2.44. The van der Waals surface area contributed by atoms with Crippen molar-refractivity contribution in [1.29, 1.82) is 0 Å². The second-order valence-electron chi connectivity index (χ2n) is 6.12. The monoisotopic (exact) mass is 335 g/mol. The van der Waals surface area contributed by atoms with Crippen molar-refractivity contribution in [3.63, 3.8) is 0 Å². The van der Waals surface area contributed by atoms with Crippen molar-refractivity contribution in [1.82, 2.24) is 10.2 Å². The van der Waals surface area contributed by atoms with Crippen LogP contribution in [0.25, 0.3) is 0 Å². The van der Waals surface area contributed by atoms with Crippen LogP contribution in [-0.2, 0) is 4.74 Å². The number of hydrogen-bond acceptors (Lipinski definition) is 4. The van der Waals surface area contributed by atoms with Crippen LogP contribution < -0.4 is 14.8 Å². The van der Waals surface area contributed by atoms with Crippen LogP contribution in [0, 0.1) is 5.92 Å². The molecular formula is C18H29N3O3. The van der Waals surface area contributed by atoms with Crippen LogP contribution in [0.4, 0.5) is 0 Å². The van der Waals surface area contributed by atoms with Gasteiger partial charge < -0.3 is 24.4 Å². The van der Waals surface area contributed by atoms with Crippen molar-refractivity contribution in [3.05, 3.63) is 24.3 Å². The van der Waals surface area contributed by atoms with Gasteiger partial charge in [-0.25, -0.2) is 0 Å². The van der Waals surface area contributed by atoms with Gasteiger partial charge in [0.25, 0.3) is 0 Å². The summed E-state index contributed by atoms with van der Waals surface area (Å²) >= 11 is 0. The SMILES string of the molecule is CN=C(NCC(C)Oc1ccccc1OC)N(C)CC1CCOC1. The third kappa shape index (κ3) is 5.30. The molecule has 1 N–H and O–H groups in total. The number of hydrogen-bond donors (Lipinski definition) is 1. The number of guanidine groups is 1. The average Bonchev–Trinajstić information content (AvgIpc) is 3.09. The summed E-state index contributed by atoms with van der Waals surface area (Å²) in [6.07, 6.45) is 1.11. The molecule has 0 aliphatic carbocycles. The second kappa shape index (κ2) is 9.37. The molecule has 1 fully saturated rings. The molecule has 0 bridgehead atoms. The summed E-state index contributed by atoms with van der Waals surface area (Å²) in [4.78, 5) is 6.50. The van der Waals surface area contributed by atoms with Gasteiger partial charge in [-0.2, -0.15) is 0 Å². The molecule has 1 aliphatic heterocycles. The van der Waals surface area contributed by atoms with Crippen LogP contribution in [0.2, 0.25) is 0 Å². The number of benzene rings is 1. The maximum atomic E-state index is 5.96. The third-order valence-corrected chi connectivity index (χ3v) is 4.07. The van der Waals surface area contributed by atoms with Gasteiger partial charge in [0.2, 0.25) is 0 Å². The first-order valence-electron chi connectivity index (χ1n) is 8.43. The van der Waals surface area contributed by atoms with Gasteiger partial charge in [0.1, 0.15) is 6.10 Å². The standard InChI is InChI=1S/C18H29N3O3/c1-14(24-17-8-6-5-7-16(17)22-4)11-20-18(19-2)21(3)12-15-9-10-23-13-15/h5-8,14-15H,9-13H2,1-4H3,(H,19,20). The van der Waals surface area contributed by atoms with Gasteiger partial charge in [0.15, 0.2) is 17.5 Å². The molecule has 0 spiro atoms. The van der Waals surface area contributed by atoms with Crippen molar-refractivity contribution >= 4 is 5.96 Å². The van der Waals surface area contributed by atoms with Gasteiger partial charge in [-0.1, -0.05) is 12.1 Å². The van der Waals surface area contributed by atoms with Gasteiger partial charge in [-0.3, -0.25) is 4.99 Å². The fourth-order valence-corrected chi connectivity index (χ4v) is 2.80. The average molecular weight is 335 g/mol. The van der Waals surface area contributed by atoms with E-state index in [1.807, 2.05) is 31.2 Å². The molecule has 24 heavy (non-hydrogen) atoms. The summed E-state index contributed by atoms with van der Waals surface area (Å²) in [6, 6.07) is 7.68. The molecule has 1 saturated heterocycles. The van der Waals surface area contributed by atoms with Crippen LogP contribution in [0.5, 0.6) is 11.5 Å². The maximum absolute atomic E-state index is 5.96. The third-order valence-electron chi connectivity index (χ3n) is 4.07. The van der Waals surface area contributed by atoms with Crippen molar-refractivity contribution in [3.8, 4) is 11.5 Å². The quantitative estimate of drug-likeness (QED) is 0.610. The molecule has 6 nitrogen and oxygen atoms in total. The van der Waals surface area contributed by atoms with Crippen molar-refractivity contribution in [2.75, 3.05) is 47.5 Å². The Hall–Kier alpha value is -1.95. The van der Waals surface area contributed by atoms with E-state index in [9.17, 15) is 0 Å². The normalized spacial score (nSPS) is 19.0. The number of nitrogens with zero attached hydrogens (tertiary/aromatic N) is 2. The molecule has 0 radical (unpaired) electrons. The van der Waals surface area contributed by atoms with Crippen LogP contribution >= 0.6 is 0 Å². The molecule has 1 heterocycles. The molecule has 2 atom stereocenters. The zero-order valence-corrected chi connectivity index (χ0v) is 15.1. The van der Waals surface area contributed by atoms with E-state index in [0.29, 0.717) is 12.5 Å². The molecule has 2 rings (SSSR count). The Morgan fingerprint density at radius 1 is 1.42 bits per heavy atom. The largest absolute Gasteiger partial charge is 0.493 e. The topological polar surface area (TPSA) is 55.3 Å². The van der Waals surface area contributed by atoms with Gasteiger partial charge >= 0.3 is 0 Å². The lowest BCUT2D eigenvalue weighted by atomic mass is 10.1. The highest BCUT2D eigenvalue weighted by molar-refractivity contribution is 5.79. The van der Waals surface area contributed by atoms with Crippen molar-refractivity contribution < 1.29 is 14.2 Å². The first-order chi connectivity index (χ1) is 11.6. The number of aliphatic imine (C=N–C) groups is 1. The maximum Gasteiger partial charge on any atom is 0.193 e. The highest BCUT2D eigenvalue weighted by atomic mass is 16.5.